The van der Waals surface area contributed by atoms with Crippen molar-refractivity contribution in [1.82, 2.24) is 10.3 Å². The summed E-state index contributed by atoms with van der Waals surface area (Å²) in [4.78, 5) is 19.3. The largest absolute Gasteiger partial charge is 0.355 e. The fraction of sp³-hybridized carbons (Fsp3) is 0.474. The highest BCUT2D eigenvalue weighted by atomic mass is 16.2. The third-order valence-electron chi connectivity index (χ3n) is 4.35. The number of fused-ring (bicyclic) bond motifs is 1. The predicted molar refractivity (Wildman–Crippen MR) is 94.6 cm³/mol. The van der Waals surface area contributed by atoms with Gasteiger partial charge in [-0.1, -0.05) is 39.0 Å². The lowest BCUT2D eigenvalue weighted by Gasteiger charge is -2.35. The summed E-state index contributed by atoms with van der Waals surface area (Å²) in [5, 5.41) is 4.35. The first-order valence-corrected chi connectivity index (χ1v) is 8.35. The number of nitrogens with one attached hydrogen (secondary N) is 1. The Bertz CT molecular complexity index is 705. The molecule has 122 valence electrons. The summed E-state index contributed by atoms with van der Waals surface area (Å²) in [6, 6.07) is 12.6. The zero-order valence-corrected chi connectivity index (χ0v) is 14.2. The van der Waals surface area contributed by atoms with Gasteiger partial charge in [0.25, 0.3) is 0 Å². The Labute approximate surface area is 137 Å². The number of amides is 1. The molecule has 0 spiro atoms. The number of hydrogen-bond donors (Lipinski definition) is 1. The van der Waals surface area contributed by atoms with Crippen molar-refractivity contribution in [3.05, 3.63) is 36.4 Å². The van der Waals surface area contributed by atoms with E-state index in [1.165, 1.54) is 0 Å². The first kappa shape index (κ1) is 15.8. The Balaban J connectivity index is 1.73. The van der Waals surface area contributed by atoms with Crippen molar-refractivity contribution in [3.8, 4) is 0 Å². The van der Waals surface area contributed by atoms with E-state index < -0.39 is 0 Å². The van der Waals surface area contributed by atoms with Gasteiger partial charge in [-0.15, -0.1) is 0 Å². The van der Waals surface area contributed by atoms with Crippen LogP contribution in [0.5, 0.6) is 0 Å². The molecule has 0 bridgehead atoms. The molecule has 1 fully saturated rings. The van der Waals surface area contributed by atoms with E-state index in [0.717, 1.165) is 42.7 Å². The van der Waals surface area contributed by atoms with Crippen LogP contribution in [-0.2, 0) is 4.79 Å². The molecule has 2 heterocycles. The molecule has 23 heavy (non-hydrogen) atoms. The highest BCUT2D eigenvalue weighted by molar-refractivity contribution is 5.82. The van der Waals surface area contributed by atoms with E-state index in [2.05, 4.69) is 28.4 Å². The molecule has 2 aromatic rings. The first-order chi connectivity index (χ1) is 10.9. The fourth-order valence-corrected chi connectivity index (χ4v) is 2.94. The molecule has 1 unspecified atom stereocenters. The summed E-state index contributed by atoms with van der Waals surface area (Å²) in [5.74, 6) is 1.12. The summed E-state index contributed by atoms with van der Waals surface area (Å²) < 4.78 is 0. The number of pyridine rings is 1. The van der Waals surface area contributed by atoms with Crippen molar-refractivity contribution in [2.45, 2.75) is 39.7 Å². The van der Waals surface area contributed by atoms with Gasteiger partial charge in [-0.25, -0.2) is 4.98 Å². The normalized spacial score (nSPS) is 18.9. The maximum absolute atomic E-state index is 12.2. The SMILES string of the molecule is CC(C)(C)C(=O)NC1CCCN(c2ccc3ccccc3n2)C1. The van der Waals surface area contributed by atoms with Gasteiger partial charge in [0, 0.05) is 29.9 Å². The van der Waals surface area contributed by atoms with Crippen molar-refractivity contribution in [3.63, 3.8) is 0 Å². The van der Waals surface area contributed by atoms with Crippen LogP contribution in [0.15, 0.2) is 36.4 Å². The average Bonchev–Trinajstić information content (AvgIpc) is 2.54. The second kappa shape index (κ2) is 6.19. The number of benzene rings is 1. The van der Waals surface area contributed by atoms with Crippen molar-refractivity contribution in [2.75, 3.05) is 18.0 Å². The molecule has 1 aromatic heterocycles. The Morgan fingerprint density at radius 3 is 2.78 bits per heavy atom. The minimum atomic E-state index is -0.344. The minimum Gasteiger partial charge on any atom is -0.355 e. The maximum atomic E-state index is 12.2. The highest BCUT2D eigenvalue weighted by Crippen LogP contribution is 2.22. The summed E-state index contributed by atoms with van der Waals surface area (Å²) in [6.45, 7) is 7.68. The number of carbonyl (C=O) groups is 1. The average molecular weight is 311 g/mol. The molecule has 1 aliphatic heterocycles. The smallest absolute Gasteiger partial charge is 0.225 e. The van der Waals surface area contributed by atoms with Crippen LogP contribution in [0, 0.1) is 5.41 Å². The molecule has 1 aliphatic rings. The second-order valence-corrected chi connectivity index (χ2v) is 7.37. The number of para-hydroxylation sites is 1. The van der Waals surface area contributed by atoms with Crippen LogP contribution in [0.25, 0.3) is 10.9 Å². The van der Waals surface area contributed by atoms with Crippen LogP contribution >= 0.6 is 0 Å². The zero-order valence-electron chi connectivity index (χ0n) is 14.2. The molecule has 4 nitrogen and oxygen atoms in total. The lowest BCUT2D eigenvalue weighted by Crippen LogP contribution is -2.50. The van der Waals surface area contributed by atoms with Gasteiger partial charge in [0.2, 0.25) is 5.91 Å². The molecule has 0 saturated carbocycles. The summed E-state index contributed by atoms with van der Waals surface area (Å²) in [5.41, 5.74) is 0.676. The number of rotatable bonds is 2. The van der Waals surface area contributed by atoms with E-state index in [-0.39, 0.29) is 17.4 Å². The maximum Gasteiger partial charge on any atom is 0.225 e. The van der Waals surface area contributed by atoms with Gasteiger partial charge in [-0.05, 0) is 31.0 Å². The standard InChI is InChI=1S/C19H25N3O/c1-19(2,3)18(23)20-15-8-6-12-22(13-15)17-11-10-14-7-4-5-9-16(14)21-17/h4-5,7,9-11,15H,6,8,12-13H2,1-3H3,(H,20,23). The van der Waals surface area contributed by atoms with Gasteiger partial charge < -0.3 is 10.2 Å². The van der Waals surface area contributed by atoms with E-state index >= 15 is 0 Å². The molecule has 1 amide bonds. The number of anilines is 1. The topological polar surface area (TPSA) is 45.2 Å². The molecule has 1 aromatic carbocycles. The predicted octanol–water partition coefficient (Wildman–Crippen LogP) is 3.37. The molecule has 1 saturated heterocycles. The van der Waals surface area contributed by atoms with Crippen molar-refractivity contribution in [2.24, 2.45) is 5.41 Å². The Morgan fingerprint density at radius 1 is 1.22 bits per heavy atom. The second-order valence-electron chi connectivity index (χ2n) is 7.37. The molecule has 1 N–H and O–H groups in total. The monoisotopic (exact) mass is 311 g/mol. The molecule has 0 radical (unpaired) electrons. The molecule has 3 rings (SSSR count). The minimum absolute atomic E-state index is 0.121. The zero-order chi connectivity index (χ0) is 16.4. The van der Waals surface area contributed by atoms with Crippen LogP contribution in [-0.4, -0.2) is 30.0 Å². The quantitative estimate of drug-likeness (QED) is 0.925. The third-order valence-corrected chi connectivity index (χ3v) is 4.35. The molecular formula is C19H25N3O. The van der Waals surface area contributed by atoms with Crippen LogP contribution in [0.2, 0.25) is 0 Å². The highest BCUT2D eigenvalue weighted by Gasteiger charge is 2.27. The Hall–Kier alpha value is -2.10. The summed E-state index contributed by atoms with van der Waals surface area (Å²) >= 11 is 0. The van der Waals surface area contributed by atoms with Crippen LogP contribution < -0.4 is 10.2 Å². The molecule has 4 heteroatoms. The van der Waals surface area contributed by atoms with E-state index in [1.54, 1.807) is 0 Å². The summed E-state index contributed by atoms with van der Waals surface area (Å²) in [6.07, 6.45) is 2.11. The Morgan fingerprint density at radius 2 is 2.00 bits per heavy atom. The first-order valence-electron chi connectivity index (χ1n) is 8.35. The van der Waals surface area contributed by atoms with E-state index in [4.69, 9.17) is 4.98 Å². The van der Waals surface area contributed by atoms with Gasteiger partial charge in [0.05, 0.1) is 5.52 Å². The van der Waals surface area contributed by atoms with Gasteiger partial charge in [-0.3, -0.25) is 4.79 Å². The number of hydrogen-bond acceptors (Lipinski definition) is 3. The van der Waals surface area contributed by atoms with Crippen molar-refractivity contribution < 1.29 is 4.79 Å². The lowest BCUT2D eigenvalue weighted by molar-refractivity contribution is -0.129. The van der Waals surface area contributed by atoms with Gasteiger partial charge in [-0.2, -0.15) is 0 Å². The van der Waals surface area contributed by atoms with Crippen molar-refractivity contribution >= 4 is 22.6 Å². The van der Waals surface area contributed by atoms with E-state index in [0.29, 0.717) is 0 Å². The van der Waals surface area contributed by atoms with Gasteiger partial charge >= 0.3 is 0 Å². The number of aromatic nitrogens is 1. The number of nitrogens with zero attached hydrogens (tertiary/aromatic N) is 2. The lowest BCUT2D eigenvalue weighted by atomic mass is 9.94. The number of piperidine rings is 1. The fourth-order valence-electron chi connectivity index (χ4n) is 2.94. The number of carbonyl (C=O) groups excluding carboxylic acids is 1. The van der Waals surface area contributed by atoms with E-state index in [1.807, 2.05) is 39.0 Å². The summed E-state index contributed by atoms with van der Waals surface area (Å²) in [7, 11) is 0. The van der Waals surface area contributed by atoms with Crippen LogP contribution in [0.3, 0.4) is 0 Å². The molecular weight excluding hydrogens is 286 g/mol. The van der Waals surface area contributed by atoms with Crippen molar-refractivity contribution in [1.29, 1.82) is 0 Å². The van der Waals surface area contributed by atoms with E-state index in [9.17, 15) is 4.79 Å². The van der Waals surface area contributed by atoms with Crippen LogP contribution in [0.4, 0.5) is 5.82 Å². The molecule has 1 atom stereocenters. The molecule has 0 aliphatic carbocycles. The third kappa shape index (κ3) is 3.63. The van der Waals surface area contributed by atoms with Gasteiger partial charge in [0.1, 0.15) is 5.82 Å². The van der Waals surface area contributed by atoms with Gasteiger partial charge in [0.15, 0.2) is 0 Å². The van der Waals surface area contributed by atoms with Crippen LogP contribution in [0.1, 0.15) is 33.6 Å². The Kier molecular flexibility index (Phi) is 4.24.